The fraction of sp³-hybridized carbons (Fsp3) is 0.176. The van der Waals surface area contributed by atoms with Crippen molar-refractivity contribution in [3.63, 3.8) is 0 Å². The molecule has 1 atom stereocenters. The van der Waals surface area contributed by atoms with Crippen molar-refractivity contribution in [3.05, 3.63) is 69.8 Å². The van der Waals surface area contributed by atoms with Crippen LogP contribution in [0.5, 0.6) is 5.75 Å². The highest BCUT2D eigenvalue weighted by Gasteiger charge is 2.43. The Balaban J connectivity index is 1.74. The molecule has 110 valence electrons. The van der Waals surface area contributed by atoms with E-state index in [2.05, 4.69) is 17.0 Å². The van der Waals surface area contributed by atoms with Gasteiger partial charge in [-0.15, -0.1) is 0 Å². The SMILES string of the molecule is CN1c2ccccc2CC12C=Cc1cc([N+](=O)[O-])ccc1O2. The number of hydrogen-bond donors (Lipinski definition) is 0. The normalized spacial score (nSPS) is 21.4. The highest BCUT2D eigenvalue weighted by molar-refractivity contribution is 5.69. The van der Waals surface area contributed by atoms with Gasteiger partial charge in [-0.1, -0.05) is 18.2 Å². The van der Waals surface area contributed by atoms with E-state index in [9.17, 15) is 10.1 Å². The summed E-state index contributed by atoms with van der Waals surface area (Å²) in [6, 6.07) is 12.9. The fourth-order valence-electron chi connectivity index (χ4n) is 3.18. The Hall–Kier alpha value is -2.82. The lowest BCUT2D eigenvalue weighted by Gasteiger charge is -2.38. The zero-order valence-corrected chi connectivity index (χ0v) is 12.0. The number of nitro benzene ring substituents is 1. The van der Waals surface area contributed by atoms with E-state index in [0.29, 0.717) is 5.75 Å². The van der Waals surface area contributed by atoms with Gasteiger partial charge in [-0.25, -0.2) is 0 Å². The van der Waals surface area contributed by atoms with Crippen molar-refractivity contribution in [3.8, 4) is 5.75 Å². The average Bonchev–Trinajstić information content (AvgIpc) is 2.79. The first-order valence-corrected chi connectivity index (χ1v) is 7.07. The summed E-state index contributed by atoms with van der Waals surface area (Å²) in [5, 5.41) is 10.9. The van der Waals surface area contributed by atoms with Gasteiger partial charge in [0.05, 0.1) is 4.92 Å². The zero-order valence-electron chi connectivity index (χ0n) is 12.0. The second kappa shape index (κ2) is 4.34. The molecule has 2 aromatic rings. The number of anilines is 1. The minimum Gasteiger partial charge on any atom is -0.463 e. The van der Waals surface area contributed by atoms with Crippen molar-refractivity contribution in [2.24, 2.45) is 0 Å². The molecule has 5 heteroatoms. The van der Waals surface area contributed by atoms with Crippen molar-refractivity contribution >= 4 is 17.5 Å². The van der Waals surface area contributed by atoms with Crippen LogP contribution in [0.4, 0.5) is 11.4 Å². The number of fused-ring (bicyclic) bond motifs is 2. The van der Waals surface area contributed by atoms with E-state index >= 15 is 0 Å². The van der Waals surface area contributed by atoms with Gasteiger partial charge < -0.3 is 9.64 Å². The molecule has 0 aliphatic carbocycles. The summed E-state index contributed by atoms with van der Waals surface area (Å²) in [6.07, 6.45) is 4.65. The first-order valence-electron chi connectivity index (χ1n) is 7.07. The number of ether oxygens (including phenoxy) is 1. The number of nitrogens with zero attached hydrogens (tertiary/aromatic N) is 2. The third-order valence-electron chi connectivity index (χ3n) is 4.38. The van der Waals surface area contributed by atoms with Crippen molar-refractivity contribution in [1.82, 2.24) is 0 Å². The molecule has 0 bridgehead atoms. The quantitative estimate of drug-likeness (QED) is 0.597. The molecule has 2 aromatic carbocycles. The maximum absolute atomic E-state index is 10.9. The maximum Gasteiger partial charge on any atom is 0.270 e. The second-order valence-corrected chi connectivity index (χ2v) is 5.62. The van der Waals surface area contributed by atoms with E-state index in [1.54, 1.807) is 12.1 Å². The average molecular weight is 294 g/mol. The number of para-hydroxylation sites is 1. The van der Waals surface area contributed by atoms with Crippen LogP contribution in [0.1, 0.15) is 11.1 Å². The van der Waals surface area contributed by atoms with Gasteiger partial charge in [0, 0.05) is 36.9 Å². The molecule has 2 heterocycles. The number of rotatable bonds is 1. The Bertz CT molecular complexity index is 815. The number of benzene rings is 2. The number of hydrogen-bond acceptors (Lipinski definition) is 4. The van der Waals surface area contributed by atoms with Crippen molar-refractivity contribution in [2.45, 2.75) is 12.1 Å². The summed E-state index contributed by atoms with van der Waals surface area (Å²) >= 11 is 0. The van der Waals surface area contributed by atoms with Crippen LogP contribution >= 0.6 is 0 Å². The summed E-state index contributed by atoms with van der Waals surface area (Å²) in [7, 11) is 2.01. The summed E-state index contributed by atoms with van der Waals surface area (Å²) < 4.78 is 6.23. The van der Waals surface area contributed by atoms with E-state index in [1.165, 1.54) is 11.6 Å². The number of nitro groups is 1. The van der Waals surface area contributed by atoms with E-state index < -0.39 is 10.6 Å². The van der Waals surface area contributed by atoms with Gasteiger partial charge in [0.1, 0.15) is 5.75 Å². The largest absolute Gasteiger partial charge is 0.463 e. The predicted molar refractivity (Wildman–Crippen MR) is 84.0 cm³/mol. The molecule has 1 spiro atoms. The van der Waals surface area contributed by atoms with E-state index in [0.717, 1.165) is 17.7 Å². The van der Waals surface area contributed by atoms with Crippen LogP contribution in [-0.4, -0.2) is 17.7 Å². The van der Waals surface area contributed by atoms with Gasteiger partial charge in [0.15, 0.2) is 0 Å². The van der Waals surface area contributed by atoms with Crippen LogP contribution in [0.2, 0.25) is 0 Å². The molecule has 22 heavy (non-hydrogen) atoms. The first kappa shape index (κ1) is 12.9. The predicted octanol–water partition coefficient (Wildman–Crippen LogP) is 3.39. The van der Waals surface area contributed by atoms with Crippen LogP contribution in [-0.2, 0) is 6.42 Å². The van der Waals surface area contributed by atoms with Crippen molar-refractivity contribution in [1.29, 1.82) is 0 Å². The topological polar surface area (TPSA) is 55.6 Å². The van der Waals surface area contributed by atoms with Crippen LogP contribution in [0.25, 0.3) is 6.08 Å². The molecule has 5 nitrogen and oxygen atoms in total. The van der Waals surface area contributed by atoms with Gasteiger partial charge >= 0.3 is 0 Å². The molecule has 2 aliphatic rings. The highest BCUT2D eigenvalue weighted by atomic mass is 16.6. The lowest BCUT2D eigenvalue weighted by molar-refractivity contribution is -0.384. The summed E-state index contributed by atoms with van der Waals surface area (Å²) in [4.78, 5) is 12.6. The van der Waals surface area contributed by atoms with Crippen molar-refractivity contribution in [2.75, 3.05) is 11.9 Å². The third kappa shape index (κ3) is 1.72. The molecular weight excluding hydrogens is 280 g/mol. The number of non-ortho nitro benzene ring substituents is 1. The monoisotopic (exact) mass is 294 g/mol. The Labute approximate surface area is 127 Å². The third-order valence-corrected chi connectivity index (χ3v) is 4.38. The summed E-state index contributed by atoms with van der Waals surface area (Å²) in [5.74, 6) is 0.674. The Kier molecular flexibility index (Phi) is 2.54. The Morgan fingerprint density at radius 3 is 2.86 bits per heavy atom. The van der Waals surface area contributed by atoms with Gasteiger partial charge in [-0.05, 0) is 29.8 Å². The maximum atomic E-state index is 10.9. The molecular formula is C17H14N2O3. The summed E-state index contributed by atoms with van der Waals surface area (Å²) in [6.45, 7) is 0. The van der Waals surface area contributed by atoms with Gasteiger partial charge in [-0.2, -0.15) is 0 Å². The van der Waals surface area contributed by atoms with Crippen LogP contribution in [0, 0.1) is 10.1 Å². The first-order chi connectivity index (χ1) is 10.6. The lowest BCUT2D eigenvalue weighted by atomic mass is 10.0. The second-order valence-electron chi connectivity index (χ2n) is 5.62. The van der Waals surface area contributed by atoms with Gasteiger partial charge in [-0.3, -0.25) is 10.1 Å². The molecule has 0 saturated heterocycles. The molecule has 0 aromatic heterocycles. The summed E-state index contributed by atoms with van der Waals surface area (Å²) in [5.41, 5.74) is 2.65. The van der Waals surface area contributed by atoms with E-state index in [-0.39, 0.29) is 5.69 Å². The standard InChI is InChI=1S/C17H14N2O3/c1-18-15-5-3-2-4-13(15)11-17(18)9-8-12-10-14(19(20)21)6-7-16(12)22-17/h2-10H,11H2,1H3. The fourth-order valence-corrected chi connectivity index (χ4v) is 3.18. The van der Waals surface area contributed by atoms with E-state index in [1.807, 2.05) is 31.3 Å². The minimum absolute atomic E-state index is 0.0750. The van der Waals surface area contributed by atoms with Crippen LogP contribution in [0.3, 0.4) is 0 Å². The number of likely N-dealkylation sites (N-methyl/N-ethyl adjacent to an activating group) is 1. The highest BCUT2D eigenvalue weighted by Crippen LogP contribution is 2.43. The molecule has 4 rings (SSSR count). The van der Waals surface area contributed by atoms with Crippen LogP contribution in [0.15, 0.2) is 48.5 Å². The molecule has 0 N–H and O–H groups in total. The Morgan fingerprint density at radius 1 is 1.27 bits per heavy atom. The van der Waals surface area contributed by atoms with Crippen molar-refractivity contribution < 1.29 is 9.66 Å². The van der Waals surface area contributed by atoms with Crippen LogP contribution < -0.4 is 9.64 Å². The zero-order chi connectivity index (χ0) is 15.3. The minimum atomic E-state index is -0.549. The Morgan fingerprint density at radius 2 is 2.09 bits per heavy atom. The van der Waals surface area contributed by atoms with E-state index in [4.69, 9.17) is 4.74 Å². The molecule has 0 amide bonds. The molecule has 0 radical (unpaired) electrons. The molecule has 0 fully saturated rings. The van der Waals surface area contributed by atoms with Gasteiger partial charge in [0.2, 0.25) is 5.72 Å². The molecule has 1 unspecified atom stereocenters. The molecule has 0 saturated carbocycles. The molecule has 2 aliphatic heterocycles. The smallest absolute Gasteiger partial charge is 0.270 e. The lowest BCUT2D eigenvalue weighted by Crippen LogP contribution is -2.49. The van der Waals surface area contributed by atoms with Gasteiger partial charge in [0.25, 0.3) is 5.69 Å².